The summed E-state index contributed by atoms with van der Waals surface area (Å²) in [6, 6.07) is 9.15. The molecule has 0 saturated carbocycles. The highest BCUT2D eigenvalue weighted by molar-refractivity contribution is 6.16. The van der Waals surface area contributed by atoms with Gasteiger partial charge >= 0.3 is 0 Å². The molecule has 1 aliphatic heterocycles. The Labute approximate surface area is 173 Å². The molecule has 1 amide bonds. The summed E-state index contributed by atoms with van der Waals surface area (Å²) >= 11 is 0. The van der Waals surface area contributed by atoms with E-state index in [9.17, 15) is 9.59 Å². The number of carbonyl (C=O) groups excluding carboxylic acids is 2. The van der Waals surface area contributed by atoms with E-state index in [-0.39, 0.29) is 18.1 Å². The maximum absolute atomic E-state index is 13.0. The molecule has 0 radical (unpaired) electrons. The molecule has 2 heterocycles. The van der Waals surface area contributed by atoms with Crippen molar-refractivity contribution in [1.82, 2.24) is 4.57 Å². The summed E-state index contributed by atoms with van der Waals surface area (Å²) in [7, 11) is 1.62. The third kappa shape index (κ3) is 3.39. The lowest BCUT2D eigenvalue weighted by molar-refractivity contribution is -0.119. The molecule has 0 fully saturated rings. The fourth-order valence-electron chi connectivity index (χ4n) is 3.66. The molecule has 0 aliphatic carbocycles. The van der Waals surface area contributed by atoms with E-state index in [1.807, 2.05) is 24.4 Å². The molecule has 7 nitrogen and oxygen atoms in total. The van der Waals surface area contributed by atoms with Gasteiger partial charge in [0.05, 0.1) is 12.7 Å². The highest BCUT2D eigenvalue weighted by Gasteiger charge is 2.30. The van der Waals surface area contributed by atoms with Crippen molar-refractivity contribution in [2.24, 2.45) is 5.73 Å². The van der Waals surface area contributed by atoms with Gasteiger partial charge in [-0.2, -0.15) is 0 Å². The van der Waals surface area contributed by atoms with E-state index >= 15 is 0 Å². The summed E-state index contributed by atoms with van der Waals surface area (Å²) in [6.07, 6.45) is 3.74. The Bertz CT molecular complexity index is 1210. The first-order valence-electron chi connectivity index (χ1n) is 9.58. The zero-order valence-corrected chi connectivity index (χ0v) is 17.0. The number of nitrogens with two attached hydrogens (primary N) is 1. The number of ketones is 1. The molecule has 154 valence electrons. The molecule has 0 unspecified atom stereocenters. The van der Waals surface area contributed by atoms with Gasteiger partial charge in [-0.15, -0.1) is 0 Å². The van der Waals surface area contributed by atoms with Crippen LogP contribution in [0.3, 0.4) is 0 Å². The second kappa shape index (κ2) is 7.59. The van der Waals surface area contributed by atoms with Gasteiger partial charge in [0.25, 0.3) is 5.91 Å². The molecule has 0 spiro atoms. The molecule has 1 aliphatic rings. The van der Waals surface area contributed by atoms with Crippen LogP contribution in [-0.4, -0.2) is 30.0 Å². The second-order valence-electron chi connectivity index (χ2n) is 7.06. The zero-order chi connectivity index (χ0) is 21.4. The van der Waals surface area contributed by atoms with Crippen molar-refractivity contribution in [1.29, 1.82) is 0 Å². The van der Waals surface area contributed by atoms with Gasteiger partial charge in [-0.1, -0.05) is 0 Å². The fourth-order valence-corrected chi connectivity index (χ4v) is 3.66. The van der Waals surface area contributed by atoms with Gasteiger partial charge < -0.3 is 24.5 Å². The highest BCUT2D eigenvalue weighted by Crippen LogP contribution is 2.38. The smallest absolute Gasteiger partial charge is 0.255 e. The van der Waals surface area contributed by atoms with Crippen LogP contribution < -0.4 is 19.9 Å². The number of aromatic nitrogens is 1. The first-order valence-corrected chi connectivity index (χ1v) is 9.58. The SMILES string of the molecule is CCn1cc(/C=C2\Oc3cc(OCC(N)=O)cc(C)c3C2=O)c2cc(OC)ccc21. The van der Waals surface area contributed by atoms with Crippen molar-refractivity contribution in [3.8, 4) is 17.2 Å². The predicted molar refractivity (Wildman–Crippen MR) is 113 cm³/mol. The number of methoxy groups -OCH3 is 1. The van der Waals surface area contributed by atoms with Crippen LogP contribution in [-0.2, 0) is 11.3 Å². The van der Waals surface area contributed by atoms with Crippen molar-refractivity contribution in [2.45, 2.75) is 20.4 Å². The molecule has 3 aromatic rings. The maximum atomic E-state index is 13.0. The molecule has 2 aromatic carbocycles. The number of hydrogen-bond donors (Lipinski definition) is 1. The molecule has 2 N–H and O–H groups in total. The predicted octanol–water partition coefficient (Wildman–Crippen LogP) is 3.46. The number of rotatable bonds is 6. The Morgan fingerprint density at radius 3 is 2.73 bits per heavy atom. The highest BCUT2D eigenvalue weighted by atomic mass is 16.5. The Kier molecular flexibility index (Phi) is 4.95. The number of aryl methyl sites for hydroxylation is 2. The van der Waals surface area contributed by atoms with Crippen LogP contribution in [0.5, 0.6) is 17.2 Å². The molecule has 1 aromatic heterocycles. The summed E-state index contributed by atoms with van der Waals surface area (Å²) in [5.74, 6) is 1.04. The van der Waals surface area contributed by atoms with Crippen LogP contribution in [0.15, 0.2) is 42.3 Å². The Balaban J connectivity index is 1.74. The topological polar surface area (TPSA) is 92.8 Å². The lowest BCUT2D eigenvalue weighted by atomic mass is 10.0. The van der Waals surface area contributed by atoms with Gasteiger partial charge in [-0.25, -0.2) is 0 Å². The monoisotopic (exact) mass is 406 g/mol. The lowest BCUT2D eigenvalue weighted by Crippen LogP contribution is -2.20. The van der Waals surface area contributed by atoms with Crippen LogP contribution in [0.1, 0.15) is 28.4 Å². The zero-order valence-electron chi connectivity index (χ0n) is 17.0. The number of Topliss-reactive ketones (excluding diaryl/α,β-unsaturated/α-hetero) is 1. The molecule has 7 heteroatoms. The third-order valence-electron chi connectivity index (χ3n) is 5.07. The molecule has 30 heavy (non-hydrogen) atoms. The lowest BCUT2D eigenvalue weighted by Gasteiger charge is -2.07. The van der Waals surface area contributed by atoms with Gasteiger partial charge in [-0.3, -0.25) is 9.59 Å². The standard InChI is InChI=1S/C23H22N2O5/c1-4-25-11-14(17-9-15(28-3)5-6-18(17)25)8-20-23(27)22-13(2)7-16(10-19(22)30-20)29-12-21(24)26/h5-11H,4,12H2,1-3H3,(H2,24,26)/b20-8-. The molecular weight excluding hydrogens is 384 g/mol. The molecular formula is C23H22N2O5. The van der Waals surface area contributed by atoms with Gasteiger partial charge in [0, 0.05) is 35.3 Å². The van der Waals surface area contributed by atoms with Crippen molar-refractivity contribution >= 4 is 28.7 Å². The van der Waals surface area contributed by atoms with Gasteiger partial charge in [0.2, 0.25) is 5.78 Å². The van der Waals surface area contributed by atoms with Gasteiger partial charge in [-0.05, 0) is 49.8 Å². The number of amides is 1. The number of allylic oxidation sites excluding steroid dienone is 1. The number of ether oxygens (including phenoxy) is 3. The van der Waals surface area contributed by atoms with E-state index < -0.39 is 5.91 Å². The maximum Gasteiger partial charge on any atom is 0.255 e. The van der Waals surface area contributed by atoms with Crippen molar-refractivity contribution in [3.05, 3.63) is 59.0 Å². The van der Waals surface area contributed by atoms with Crippen LogP contribution in [0, 0.1) is 6.92 Å². The number of nitrogens with zero attached hydrogens (tertiary/aromatic N) is 1. The molecule has 4 rings (SSSR count). The van der Waals surface area contributed by atoms with Crippen molar-refractivity contribution in [3.63, 3.8) is 0 Å². The van der Waals surface area contributed by atoms with Crippen LogP contribution in [0.25, 0.3) is 17.0 Å². The second-order valence-corrected chi connectivity index (χ2v) is 7.06. The first-order chi connectivity index (χ1) is 14.4. The molecule has 0 bridgehead atoms. The third-order valence-corrected chi connectivity index (χ3v) is 5.07. The first kappa shape index (κ1) is 19.6. The Morgan fingerprint density at radius 2 is 2.03 bits per heavy atom. The Hall–Kier alpha value is -3.74. The Morgan fingerprint density at radius 1 is 1.23 bits per heavy atom. The number of hydrogen-bond acceptors (Lipinski definition) is 5. The normalized spacial score (nSPS) is 14.1. The van der Waals surface area contributed by atoms with Gasteiger partial charge in [0.1, 0.15) is 17.2 Å². The van der Waals surface area contributed by atoms with Crippen LogP contribution in [0.4, 0.5) is 0 Å². The molecule has 0 saturated heterocycles. The van der Waals surface area contributed by atoms with Crippen LogP contribution >= 0.6 is 0 Å². The van der Waals surface area contributed by atoms with E-state index in [0.29, 0.717) is 22.6 Å². The minimum absolute atomic E-state index is 0.191. The number of benzene rings is 2. The average Bonchev–Trinajstić information content (AvgIpc) is 3.23. The summed E-state index contributed by atoms with van der Waals surface area (Å²) in [5.41, 5.74) is 8.24. The van der Waals surface area contributed by atoms with E-state index in [1.165, 1.54) is 0 Å². The minimum atomic E-state index is -0.575. The largest absolute Gasteiger partial charge is 0.497 e. The number of fused-ring (bicyclic) bond motifs is 2. The van der Waals surface area contributed by atoms with E-state index in [1.54, 1.807) is 32.2 Å². The van der Waals surface area contributed by atoms with E-state index in [4.69, 9.17) is 19.9 Å². The van der Waals surface area contributed by atoms with Crippen molar-refractivity contribution in [2.75, 3.05) is 13.7 Å². The van der Waals surface area contributed by atoms with E-state index in [0.717, 1.165) is 28.8 Å². The van der Waals surface area contributed by atoms with Gasteiger partial charge in [0.15, 0.2) is 12.4 Å². The summed E-state index contributed by atoms with van der Waals surface area (Å²) in [5, 5.41) is 0.971. The fraction of sp³-hybridized carbons (Fsp3) is 0.217. The summed E-state index contributed by atoms with van der Waals surface area (Å²) in [6.45, 7) is 4.41. The molecule has 0 atom stereocenters. The number of primary amides is 1. The van der Waals surface area contributed by atoms with Crippen molar-refractivity contribution < 1.29 is 23.8 Å². The average molecular weight is 406 g/mol. The minimum Gasteiger partial charge on any atom is -0.497 e. The van der Waals surface area contributed by atoms with E-state index in [2.05, 4.69) is 11.5 Å². The summed E-state index contributed by atoms with van der Waals surface area (Å²) < 4.78 is 18.7. The van der Waals surface area contributed by atoms with Crippen LogP contribution in [0.2, 0.25) is 0 Å². The quantitative estimate of drug-likeness (QED) is 0.633. The summed E-state index contributed by atoms with van der Waals surface area (Å²) in [4.78, 5) is 24.0. The number of carbonyl (C=O) groups is 2.